The van der Waals surface area contributed by atoms with Crippen LogP contribution in [0, 0.1) is 0 Å². The van der Waals surface area contributed by atoms with Gasteiger partial charge in [0, 0.05) is 41.6 Å². The van der Waals surface area contributed by atoms with Crippen LogP contribution in [-0.2, 0) is 6.54 Å². The van der Waals surface area contributed by atoms with Crippen molar-refractivity contribution in [1.82, 2.24) is 10.3 Å². The van der Waals surface area contributed by atoms with E-state index < -0.39 is 0 Å². The monoisotopic (exact) mass is 325 g/mol. The van der Waals surface area contributed by atoms with Gasteiger partial charge in [-0.25, -0.2) is 4.98 Å². The molecule has 0 radical (unpaired) electrons. The Balaban J connectivity index is 1.73. The predicted octanol–water partition coefficient (Wildman–Crippen LogP) is 3.85. The van der Waals surface area contributed by atoms with Crippen LogP contribution in [0.15, 0.2) is 0 Å². The third kappa shape index (κ3) is 3.93. The minimum Gasteiger partial charge on any atom is -0.346 e. The van der Waals surface area contributed by atoms with Gasteiger partial charge in [0.05, 0.1) is 5.69 Å². The Morgan fingerprint density at radius 2 is 2.19 bits per heavy atom. The van der Waals surface area contributed by atoms with Gasteiger partial charge in [-0.3, -0.25) is 0 Å². The molecule has 1 saturated carbocycles. The van der Waals surface area contributed by atoms with Crippen molar-refractivity contribution in [2.45, 2.75) is 63.8 Å². The van der Waals surface area contributed by atoms with Crippen LogP contribution in [0.1, 0.15) is 56.5 Å². The summed E-state index contributed by atoms with van der Waals surface area (Å²) in [4.78, 5) is 8.97. The molecule has 0 spiro atoms. The molecule has 1 atom stereocenters. The summed E-state index contributed by atoms with van der Waals surface area (Å²) in [6.07, 6.45) is 3.97. The number of hydrogen-bond donors (Lipinski definition) is 1. The summed E-state index contributed by atoms with van der Waals surface area (Å²) in [5.74, 6) is 1.76. The van der Waals surface area contributed by atoms with E-state index in [1.54, 1.807) is 0 Å². The summed E-state index contributed by atoms with van der Waals surface area (Å²) in [5, 5.41) is 5.68. The van der Waals surface area contributed by atoms with Crippen LogP contribution in [0.5, 0.6) is 0 Å². The molecular weight excluding hydrogens is 298 g/mol. The normalized spacial score (nSPS) is 23.0. The fraction of sp³-hybridized carbons (Fsp3) is 0.812. The van der Waals surface area contributed by atoms with Crippen LogP contribution in [0.25, 0.3) is 0 Å². The maximum Gasteiger partial charge on any atom is 0.185 e. The molecule has 3 rings (SSSR count). The number of aromatic nitrogens is 1. The minimum atomic E-state index is 0.521. The first-order valence-corrected chi connectivity index (χ1v) is 10.1. The third-order valence-corrected chi connectivity index (χ3v) is 6.76. The lowest BCUT2D eigenvalue weighted by molar-refractivity contribution is 0.680. The number of anilines is 1. The molecule has 0 amide bonds. The van der Waals surface area contributed by atoms with Crippen molar-refractivity contribution in [2.24, 2.45) is 0 Å². The van der Waals surface area contributed by atoms with Crippen molar-refractivity contribution >= 4 is 28.2 Å². The Kier molecular flexibility index (Phi) is 5.12. The van der Waals surface area contributed by atoms with Gasteiger partial charge in [-0.15, -0.1) is 11.3 Å². The Hall–Kier alpha value is -0.260. The van der Waals surface area contributed by atoms with Gasteiger partial charge in [-0.2, -0.15) is 11.8 Å². The van der Waals surface area contributed by atoms with E-state index in [-0.39, 0.29) is 0 Å². The number of rotatable bonds is 6. The highest BCUT2D eigenvalue weighted by molar-refractivity contribution is 8.00. The molecule has 1 aromatic heterocycles. The fourth-order valence-electron chi connectivity index (χ4n) is 2.73. The van der Waals surface area contributed by atoms with Crippen molar-refractivity contribution in [3.63, 3.8) is 0 Å². The molecule has 1 N–H and O–H groups in total. The average molecular weight is 326 g/mol. The molecule has 1 unspecified atom stereocenters. The van der Waals surface area contributed by atoms with E-state index in [4.69, 9.17) is 4.98 Å². The summed E-state index contributed by atoms with van der Waals surface area (Å²) in [6.45, 7) is 10.2. The number of thioether (sulfide) groups is 1. The lowest BCUT2D eigenvalue weighted by Crippen LogP contribution is -2.37. The highest BCUT2D eigenvalue weighted by Crippen LogP contribution is 2.34. The first-order valence-electron chi connectivity index (χ1n) is 8.27. The summed E-state index contributed by atoms with van der Waals surface area (Å²) in [7, 11) is 0. The zero-order valence-corrected chi connectivity index (χ0v) is 15.0. The van der Waals surface area contributed by atoms with Crippen LogP contribution in [0.4, 0.5) is 5.13 Å². The van der Waals surface area contributed by atoms with E-state index in [1.165, 1.54) is 47.3 Å². The molecule has 21 heavy (non-hydrogen) atoms. The van der Waals surface area contributed by atoms with Crippen molar-refractivity contribution in [1.29, 1.82) is 0 Å². The van der Waals surface area contributed by atoms with Gasteiger partial charge in [0.2, 0.25) is 0 Å². The molecule has 5 heteroatoms. The van der Waals surface area contributed by atoms with E-state index in [9.17, 15) is 0 Å². The second kappa shape index (κ2) is 6.88. The van der Waals surface area contributed by atoms with Gasteiger partial charge in [0.25, 0.3) is 0 Å². The van der Waals surface area contributed by atoms with Gasteiger partial charge in [0.15, 0.2) is 5.13 Å². The van der Waals surface area contributed by atoms with E-state index >= 15 is 0 Å². The van der Waals surface area contributed by atoms with E-state index in [1.807, 2.05) is 11.3 Å². The molecular formula is C16H27N3S2. The van der Waals surface area contributed by atoms with Gasteiger partial charge < -0.3 is 10.2 Å². The quantitative estimate of drug-likeness (QED) is 0.860. The fourth-order valence-corrected chi connectivity index (χ4v) is 5.11. The Morgan fingerprint density at radius 1 is 1.38 bits per heavy atom. The van der Waals surface area contributed by atoms with Crippen LogP contribution in [-0.4, -0.2) is 35.1 Å². The molecule has 118 valence electrons. The van der Waals surface area contributed by atoms with Crippen LogP contribution < -0.4 is 10.2 Å². The molecule has 1 aliphatic carbocycles. The molecule has 1 saturated heterocycles. The topological polar surface area (TPSA) is 28.2 Å². The lowest BCUT2D eigenvalue weighted by Gasteiger charge is -2.31. The smallest absolute Gasteiger partial charge is 0.185 e. The zero-order valence-electron chi connectivity index (χ0n) is 13.4. The Labute approximate surface area is 136 Å². The van der Waals surface area contributed by atoms with E-state index in [0.29, 0.717) is 5.92 Å². The molecule has 3 nitrogen and oxygen atoms in total. The molecule has 0 aromatic carbocycles. The van der Waals surface area contributed by atoms with Crippen LogP contribution in [0.3, 0.4) is 0 Å². The molecule has 2 heterocycles. The minimum absolute atomic E-state index is 0.521. The van der Waals surface area contributed by atoms with Crippen molar-refractivity contribution in [3.05, 3.63) is 10.6 Å². The maximum absolute atomic E-state index is 5.00. The average Bonchev–Trinajstić information content (AvgIpc) is 3.22. The largest absolute Gasteiger partial charge is 0.346 e. The SMILES string of the molecule is CCC1CN(c2nc(C(C)C)c(CNC3CC3)s2)CCS1. The Bertz CT molecular complexity index is 468. The Morgan fingerprint density at radius 3 is 2.86 bits per heavy atom. The third-order valence-electron chi connectivity index (χ3n) is 4.26. The molecule has 2 fully saturated rings. The number of nitrogens with one attached hydrogen (secondary N) is 1. The zero-order chi connectivity index (χ0) is 14.8. The van der Waals surface area contributed by atoms with Gasteiger partial charge >= 0.3 is 0 Å². The molecule has 1 aliphatic heterocycles. The summed E-state index contributed by atoms with van der Waals surface area (Å²) < 4.78 is 0. The molecule has 2 aliphatic rings. The maximum atomic E-state index is 5.00. The predicted molar refractivity (Wildman–Crippen MR) is 94.8 cm³/mol. The van der Waals surface area contributed by atoms with Crippen LogP contribution >= 0.6 is 23.1 Å². The number of hydrogen-bond acceptors (Lipinski definition) is 5. The summed E-state index contributed by atoms with van der Waals surface area (Å²) >= 11 is 4.04. The second-order valence-electron chi connectivity index (χ2n) is 6.46. The van der Waals surface area contributed by atoms with E-state index in [0.717, 1.165) is 24.4 Å². The second-order valence-corrected chi connectivity index (χ2v) is 8.93. The van der Waals surface area contributed by atoms with Crippen molar-refractivity contribution in [2.75, 3.05) is 23.7 Å². The number of nitrogens with zero attached hydrogens (tertiary/aromatic N) is 2. The summed E-state index contributed by atoms with van der Waals surface area (Å²) in [5.41, 5.74) is 1.31. The molecule has 1 aromatic rings. The van der Waals surface area contributed by atoms with Crippen molar-refractivity contribution in [3.8, 4) is 0 Å². The van der Waals surface area contributed by atoms with Crippen molar-refractivity contribution < 1.29 is 0 Å². The molecule has 0 bridgehead atoms. The van der Waals surface area contributed by atoms with Crippen LogP contribution in [0.2, 0.25) is 0 Å². The standard InChI is InChI=1S/C16H27N3S2/c1-4-13-10-19(7-8-20-13)16-18-15(11(2)3)14(21-16)9-17-12-5-6-12/h11-13,17H,4-10H2,1-3H3. The van der Waals surface area contributed by atoms with Gasteiger partial charge in [0.1, 0.15) is 0 Å². The van der Waals surface area contributed by atoms with E-state index in [2.05, 4.69) is 42.7 Å². The van der Waals surface area contributed by atoms with Gasteiger partial charge in [-0.1, -0.05) is 20.8 Å². The lowest BCUT2D eigenvalue weighted by atomic mass is 10.1. The summed E-state index contributed by atoms with van der Waals surface area (Å²) in [6, 6.07) is 0.770. The highest BCUT2D eigenvalue weighted by atomic mass is 32.2. The van der Waals surface area contributed by atoms with Gasteiger partial charge in [-0.05, 0) is 25.2 Å². The number of thiazole rings is 1. The first kappa shape index (κ1) is 15.6. The highest BCUT2D eigenvalue weighted by Gasteiger charge is 2.25. The first-order chi connectivity index (χ1) is 10.2.